The highest BCUT2D eigenvalue weighted by molar-refractivity contribution is 6.00. The van der Waals surface area contributed by atoms with Crippen LogP contribution in [0.15, 0.2) is 54.6 Å². The molecule has 1 heterocycles. The number of benzene rings is 2. The van der Waals surface area contributed by atoms with Crippen molar-refractivity contribution >= 4 is 17.5 Å². The number of carbonyl (C=O) groups is 2. The average molecular weight is 352 g/mol. The smallest absolute Gasteiger partial charge is 0.227 e. The van der Waals surface area contributed by atoms with Crippen LogP contribution in [0.25, 0.3) is 0 Å². The van der Waals surface area contributed by atoms with E-state index in [0.717, 1.165) is 16.8 Å². The van der Waals surface area contributed by atoms with Gasteiger partial charge in [-0.1, -0.05) is 42.5 Å². The van der Waals surface area contributed by atoms with Crippen molar-refractivity contribution in [3.8, 4) is 0 Å². The third-order valence-electron chi connectivity index (χ3n) is 4.85. The molecule has 0 saturated carbocycles. The van der Waals surface area contributed by atoms with Gasteiger partial charge in [0.1, 0.15) is 0 Å². The third kappa shape index (κ3) is 3.94. The van der Waals surface area contributed by atoms with Crippen LogP contribution in [0.5, 0.6) is 0 Å². The van der Waals surface area contributed by atoms with Crippen molar-refractivity contribution < 1.29 is 14.3 Å². The second kappa shape index (κ2) is 8.15. The fourth-order valence-electron chi connectivity index (χ4n) is 3.35. The number of ether oxygens (including phenoxy) is 1. The van der Waals surface area contributed by atoms with Gasteiger partial charge in [-0.2, -0.15) is 0 Å². The fourth-order valence-corrected chi connectivity index (χ4v) is 3.35. The molecule has 2 atom stereocenters. The molecule has 26 heavy (non-hydrogen) atoms. The van der Waals surface area contributed by atoms with E-state index in [1.807, 2.05) is 61.5 Å². The van der Waals surface area contributed by atoms with Gasteiger partial charge in [-0.05, 0) is 30.2 Å². The SMILES string of the molecule is CO[C@@H](CNC(=O)[C@@H]1CC(=O)N(c2ccccc2)C1)c1ccccc1C. The van der Waals surface area contributed by atoms with E-state index in [2.05, 4.69) is 5.32 Å². The molecular weight excluding hydrogens is 328 g/mol. The van der Waals surface area contributed by atoms with Gasteiger partial charge in [0, 0.05) is 32.3 Å². The molecular formula is C21H24N2O3. The summed E-state index contributed by atoms with van der Waals surface area (Å²) in [4.78, 5) is 26.5. The highest BCUT2D eigenvalue weighted by Gasteiger charge is 2.35. The Balaban J connectivity index is 1.60. The molecule has 2 amide bonds. The van der Waals surface area contributed by atoms with E-state index in [1.165, 1.54) is 0 Å². The number of methoxy groups -OCH3 is 1. The lowest BCUT2D eigenvalue weighted by molar-refractivity contribution is -0.126. The molecule has 1 aliphatic heterocycles. The zero-order valence-corrected chi connectivity index (χ0v) is 15.1. The number of anilines is 1. The lowest BCUT2D eigenvalue weighted by Gasteiger charge is -2.20. The van der Waals surface area contributed by atoms with Crippen LogP contribution < -0.4 is 10.2 Å². The molecule has 1 fully saturated rings. The summed E-state index contributed by atoms with van der Waals surface area (Å²) in [5, 5.41) is 2.95. The summed E-state index contributed by atoms with van der Waals surface area (Å²) in [5.41, 5.74) is 3.02. The molecule has 3 rings (SSSR count). The highest BCUT2D eigenvalue weighted by atomic mass is 16.5. The van der Waals surface area contributed by atoms with Gasteiger partial charge in [0.05, 0.1) is 12.0 Å². The van der Waals surface area contributed by atoms with Crippen molar-refractivity contribution in [1.29, 1.82) is 0 Å². The predicted molar refractivity (Wildman–Crippen MR) is 101 cm³/mol. The molecule has 1 aliphatic rings. The lowest BCUT2D eigenvalue weighted by Crippen LogP contribution is -2.35. The quantitative estimate of drug-likeness (QED) is 0.870. The molecule has 1 N–H and O–H groups in total. The minimum Gasteiger partial charge on any atom is -0.375 e. The van der Waals surface area contributed by atoms with Gasteiger partial charge < -0.3 is 15.0 Å². The summed E-state index contributed by atoms with van der Waals surface area (Å²) in [7, 11) is 1.64. The molecule has 0 bridgehead atoms. The Morgan fingerprint density at radius 1 is 1.19 bits per heavy atom. The van der Waals surface area contributed by atoms with Gasteiger partial charge in [-0.25, -0.2) is 0 Å². The first kappa shape index (κ1) is 18.1. The van der Waals surface area contributed by atoms with Crippen LogP contribution in [0.3, 0.4) is 0 Å². The maximum atomic E-state index is 12.6. The number of para-hydroxylation sites is 1. The van der Waals surface area contributed by atoms with Crippen LogP contribution in [-0.4, -0.2) is 32.0 Å². The number of amides is 2. The molecule has 1 saturated heterocycles. The maximum Gasteiger partial charge on any atom is 0.227 e. The first-order chi connectivity index (χ1) is 12.6. The number of aryl methyl sites for hydroxylation is 1. The van der Waals surface area contributed by atoms with Gasteiger partial charge in [-0.3, -0.25) is 9.59 Å². The van der Waals surface area contributed by atoms with Gasteiger partial charge in [0.25, 0.3) is 0 Å². The maximum absolute atomic E-state index is 12.6. The zero-order valence-electron chi connectivity index (χ0n) is 15.1. The van der Waals surface area contributed by atoms with Gasteiger partial charge in [0.15, 0.2) is 0 Å². The lowest BCUT2D eigenvalue weighted by atomic mass is 10.0. The summed E-state index contributed by atoms with van der Waals surface area (Å²) in [6, 6.07) is 17.4. The summed E-state index contributed by atoms with van der Waals surface area (Å²) in [6.45, 7) is 2.82. The number of carbonyl (C=O) groups excluding carboxylic acids is 2. The number of rotatable bonds is 6. The molecule has 136 valence electrons. The van der Waals surface area contributed by atoms with Gasteiger partial charge in [0.2, 0.25) is 11.8 Å². The Kier molecular flexibility index (Phi) is 5.68. The van der Waals surface area contributed by atoms with E-state index in [4.69, 9.17) is 4.74 Å². The highest BCUT2D eigenvalue weighted by Crippen LogP contribution is 2.25. The summed E-state index contributed by atoms with van der Waals surface area (Å²) >= 11 is 0. The van der Waals surface area contributed by atoms with Crippen molar-refractivity contribution in [1.82, 2.24) is 5.32 Å². The van der Waals surface area contributed by atoms with Crippen molar-refractivity contribution in [3.05, 3.63) is 65.7 Å². The summed E-state index contributed by atoms with van der Waals surface area (Å²) in [5.74, 6) is -0.456. The molecule has 2 aromatic carbocycles. The van der Waals surface area contributed by atoms with Crippen molar-refractivity contribution in [3.63, 3.8) is 0 Å². The number of nitrogens with one attached hydrogen (secondary N) is 1. The summed E-state index contributed by atoms with van der Waals surface area (Å²) < 4.78 is 5.55. The standard InChI is InChI=1S/C21H24N2O3/c1-15-8-6-7-11-18(15)19(26-2)13-22-21(25)16-12-20(24)23(14-16)17-9-4-3-5-10-17/h3-11,16,19H,12-14H2,1-2H3,(H,22,25)/t16-,19+/m1/s1. The van der Waals surface area contributed by atoms with E-state index in [1.54, 1.807) is 12.0 Å². The van der Waals surface area contributed by atoms with Gasteiger partial charge in [-0.15, -0.1) is 0 Å². The number of hydrogen-bond donors (Lipinski definition) is 1. The predicted octanol–water partition coefficient (Wildman–Crippen LogP) is 2.85. The molecule has 0 aliphatic carbocycles. The van der Waals surface area contributed by atoms with Crippen molar-refractivity contribution in [2.75, 3.05) is 25.1 Å². The van der Waals surface area contributed by atoms with Crippen molar-refractivity contribution in [2.24, 2.45) is 5.92 Å². The third-order valence-corrected chi connectivity index (χ3v) is 4.85. The fraction of sp³-hybridized carbons (Fsp3) is 0.333. The first-order valence-electron chi connectivity index (χ1n) is 8.81. The molecule has 0 unspecified atom stereocenters. The van der Waals surface area contributed by atoms with E-state index in [0.29, 0.717) is 13.1 Å². The second-order valence-electron chi connectivity index (χ2n) is 6.57. The minimum atomic E-state index is -0.336. The Bertz CT molecular complexity index is 776. The van der Waals surface area contributed by atoms with E-state index >= 15 is 0 Å². The van der Waals surface area contributed by atoms with Crippen molar-refractivity contribution in [2.45, 2.75) is 19.4 Å². The number of hydrogen-bond acceptors (Lipinski definition) is 3. The zero-order chi connectivity index (χ0) is 18.5. The Morgan fingerprint density at radius 3 is 2.58 bits per heavy atom. The molecule has 0 aromatic heterocycles. The monoisotopic (exact) mass is 352 g/mol. The topological polar surface area (TPSA) is 58.6 Å². The first-order valence-corrected chi connectivity index (χ1v) is 8.81. The van der Waals surface area contributed by atoms with Crippen LogP contribution in [0.1, 0.15) is 23.7 Å². The Hall–Kier alpha value is -2.66. The molecule has 2 aromatic rings. The largest absolute Gasteiger partial charge is 0.375 e. The number of nitrogens with zero attached hydrogens (tertiary/aromatic N) is 1. The second-order valence-corrected chi connectivity index (χ2v) is 6.57. The van der Waals surface area contributed by atoms with Crippen LogP contribution in [-0.2, 0) is 14.3 Å². The minimum absolute atomic E-state index is 0.0152. The molecule has 5 nitrogen and oxygen atoms in total. The van der Waals surface area contributed by atoms with Gasteiger partial charge >= 0.3 is 0 Å². The normalized spacial score (nSPS) is 18.0. The molecule has 0 spiro atoms. The summed E-state index contributed by atoms with van der Waals surface area (Å²) in [6.07, 6.45) is 0.0328. The van der Waals surface area contributed by atoms with Crippen LogP contribution >= 0.6 is 0 Å². The average Bonchev–Trinajstić information content (AvgIpc) is 3.06. The van der Waals surface area contributed by atoms with E-state index in [-0.39, 0.29) is 30.3 Å². The molecule has 0 radical (unpaired) electrons. The Morgan fingerprint density at radius 2 is 1.88 bits per heavy atom. The van der Waals surface area contributed by atoms with Crippen LogP contribution in [0.2, 0.25) is 0 Å². The van der Waals surface area contributed by atoms with Crippen LogP contribution in [0.4, 0.5) is 5.69 Å². The van der Waals surface area contributed by atoms with E-state index < -0.39 is 0 Å². The van der Waals surface area contributed by atoms with E-state index in [9.17, 15) is 9.59 Å². The molecule has 5 heteroatoms. The van der Waals surface area contributed by atoms with Crippen LogP contribution in [0, 0.1) is 12.8 Å². The Labute approximate surface area is 154 Å².